The first-order valence-electron chi connectivity index (χ1n) is 13.2. The predicted octanol–water partition coefficient (Wildman–Crippen LogP) is 4.71. The molecular formula is C30H27ClFN5O3. The predicted molar refractivity (Wildman–Crippen MR) is 148 cm³/mol. The first-order valence-corrected chi connectivity index (χ1v) is 13.5. The van der Waals surface area contributed by atoms with E-state index in [1.807, 2.05) is 25.1 Å². The van der Waals surface area contributed by atoms with E-state index in [0.29, 0.717) is 17.8 Å². The molecule has 1 aliphatic carbocycles. The van der Waals surface area contributed by atoms with Gasteiger partial charge in [0.15, 0.2) is 5.78 Å². The molecule has 1 saturated heterocycles. The molecule has 0 bridgehead atoms. The largest absolute Gasteiger partial charge is 0.350 e. The van der Waals surface area contributed by atoms with Crippen LogP contribution in [0.3, 0.4) is 0 Å². The summed E-state index contributed by atoms with van der Waals surface area (Å²) in [5, 5.41) is 3.51. The van der Waals surface area contributed by atoms with Crippen LogP contribution >= 0.6 is 11.6 Å². The zero-order chi connectivity index (χ0) is 28.1. The molecule has 6 rings (SSSR count). The van der Waals surface area contributed by atoms with Crippen molar-refractivity contribution in [1.82, 2.24) is 24.8 Å². The molecule has 2 aromatic heterocycles. The van der Waals surface area contributed by atoms with Crippen molar-refractivity contribution in [3.8, 4) is 11.1 Å². The lowest BCUT2D eigenvalue weighted by Gasteiger charge is -2.27. The molecule has 2 aliphatic rings. The van der Waals surface area contributed by atoms with Gasteiger partial charge in [-0.15, -0.1) is 0 Å². The standard InChI is InChI=1S/C30H27ClFN5O3/c1-16(38)23-14-36(25-7-6-18(8-22(23)25)21-12-33-17(2)34-13-21)15-28(39)37-26-9-20(26)10-27(37)30(40)35-11-19-4-3-5-24(31)29(19)32/h3-8,12-14,20,26-27H,9-11,15H2,1-2H3,(H,35,40)/t20-,26?,27+/m1/s1. The number of hydrogen-bond donors (Lipinski definition) is 1. The van der Waals surface area contributed by atoms with E-state index in [4.69, 9.17) is 11.6 Å². The highest BCUT2D eigenvalue weighted by Crippen LogP contribution is 2.48. The third-order valence-electron chi connectivity index (χ3n) is 7.86. The molecule has 204 valence electrons. The molecule has 0 radical (unpaired) electrons. The summed E-state index contributed by atoms with van der Waals surface area (Å²) >= 11 is 5.86. The van der Waals surface area contributed by atoms with Crippen molar-refractivity contribution >= 4 is 40.1 Å². The van der Waals surface area contributed by atoms with Gasteiger partial charge in [0, 0.05) is 58.8 Å². The summed E-state index contributed by atoms with van der Waals surface area (Å²) in [4.78, 5) is 49.5. The van der Waals surface area contributed by atoms with Gasteiger partial charge in [-0.25, -0.2) is 14.4 Å². The normalized spacial score (nSPS) is 19.5. The first kappa shape index (κ1) is 26.1. The second kappa shape index (κ2) is 10.1. The quantitative estimate of drug-likeness (QED) is 0.331. The van der Waals surface area contributed by atoms with E-state index < -0.39 is 11.9 Å². The number of rotatable bonds is 7. The molecule has 8 nitrogen and oxygen atoms in total. The molecule has 4 aromatic rings. The smallest absolute Gasteiger partial charge is 0.243 e. The van der Waals surface area contributed by atoms with Gasteiger partial charge in [-0.1, -0.05) is 29.8 Å². The number of piperidine rings is 1. The fourth-order valence-electron chi connectivity index (χ4n) is 5.69. The van der Waals surface area contributed by atoms with Crippen LogP contribution in [0.1, 0.15) is 41.5 Å². The van der Waals surface area contributed by atoms with Gasteiger partial charge >= 0.3 is 0 Å². The number of hydrogen-bond acceptors (Lipinski definition) is 5. The molecule has 1 N–H and O–H groups in total. The van der Waals surface area contributed by atoms with Crippen LogP contribution < -0.4 is 5.32 Å². The SMILES string of the molecule is CC(=O)c1cn(CC(=O)N2C3C[C@@H]3C[C@H]2C(=O)NCc2cccc(Cl)c2F)c2ccc(-c3cnc(C)nc3)cc12. The van der Waals surface area contributed by atoms with Crippen LogP contribution in [0.15, 0.2) is 55.0 Å². The number of Topliss-reactive ketones (excluding diaryl/α,β-unsaturated/α-hetero) is 1. The number of fused-ring (bicyclic) bond motifs is 2. The van der Waals surface area contributed by atoms with Gasteiger partial charge in [0.25, 0.3) is 0 Å². The van der Waals surface area contributed by atoms with Crippen LogP contribution in [0.25, 0.3) is 22.0 Å². The van der Waals surface area contributed by atoms with E-state index >= 15 is 0 Å². The second-order valence-electron chi connectivity index (χ2n) is 10.5. The highest BCUT2D eigenvalue weighted by atomic mass is 35.5. The van der Waals surface area contributed by atoms with Gasteiger partial charge in [-0.05, 0) is 56.4 Å². The van der Waals surface area contributed by atoms with Crippen LogP contribution in [0.4, 0.5) is 4.39 Å². The minimum Gasteiger partial charge on any atom is -0.350 e. The molecule has 2 amide bonds. The fourth-order valence-corrected chi connectivity index (χ4v) is 5.89. The number of amides is 2. The van der Waals surface area contributed by atoms with Crippen LogP contribution in [0.2, 0.25) is 5.02 Å². The van der Waals surface area contributed by atoms with E-state index in [9.17, 15) is 18.8 Å². The summed E-state index contributed by atoms with van der Waals surface area (Å²) < 4.78 is 16.1. The molecular weight excluding hydrogens is 533 g/mol. The second-order valence-corrected chi connectivity index (χ2v) is 10.9. The minimum atomic E-state index is -0.624. The average Bonchev–Trinajstić information content (AvgIpc) is 3.44. The number of carbonyl (C=O) groups is 3. The lowest BCUT2D eigenvalue weighted by molar-refractivity contribution is -0.140. The van der Waals surface area contributed by atoms with E-state index in [1.54, 1.807) is 40.2 Å². The van der Waals surface area contributed by atoms with E-state index in [0.717, 1.165) is 28.5 Å². The Kier molecular flexibility index (Phi) is 6.62. The van der Waals surface area contributed by atoms with Crippen molar-refractivity contribution in [3.63, 3.8) is 0 Å². The molecule has 10 heteroatoms. The Morgan fingerprint density at radius 2 is 1.88 bits per heavy atom. The first-order chi connectivity index (χ1) is 19.2. The molecule has 1 saturated carbocycles. The Morgan fingerprint density at radius 1 is 1.10 bits per heavy atom. The minimum absolute atomic E-state index is 0.00568. The monoisotopic (exact) mass is 559 g/mol. The topological polar surface area (TPSA) is 97.2 Å². The summed E-state index contributed by atoms with van der Waals surface area (Å²) in [6.45, 7) is 3.29. The van der Waals surface area contributed by atoms with Crippen molar-refractivity contribution in [2.45, 2.75) is 51.9 Å². The Bertz CT molecular complexity index is 1670. The van der Waals surface area contributed by atoms with Crippen molar-refractivity contribution < 1.29 is 18.8 Å². The summed E-state index contributed by atoms with van der Waals surface area (Å²) in [5.41, 5.74) is 3.25. The highest BCUT2D eigenvalue weighted by molar-refractivity contribution is 6.30. The van der Waals surface area contributed by atoms with E-state index in [-0.39, 0.29) is 53.2 Å². The maximum Gasteiger partial charge on any atom is 0.243 e. The van der Waals surface area contributed by atoms with Gasteiger partial charge in [-0.3, -0.25) is 14.4 Å². The number of nitrogens with one attached hydrogen (secondary N) is 1. The van der Waals surface area contributed by atoms with Crippen molar-refractivity contribution in [3.05, 3.63) is 82.8 Å². The van der Waals surface area contributed by atoms with E-state index in [2.05, 4.69) is 15.3 Å². The number of ketones is 1. The van der Waals surface area contributed by atoms with Crippen LogP contribution in [-0.4, -0.2) is 49.1 Å². The van der Waals surface area contributed by atoms with Gasteiger partial charge < -0.3 is 14.8 Å². The van der Waals surface area contributed by atoms with Crippen molar-refractivity contribution in [1.29, 1.82) is 0 Å². The highest BCUT2D eigenvalue weighted by Gasteiger charge is 2.55. The average molecular weight is 560 g/mol. The fraction of sp³-hybridized carbons (Fsp3) is 0.300. The lowest BCUT2D eigenvalue weighted by Crippen LogP contribution is -2.48. The number of aromatic nitrogens is 3. The van der Waals surface area contributed by atoms with Gasteiger partial charge in [0.2, 0.25) is 11.8 Å². The number of aryl methyl sites for hydroxylation is 1. The number of likely N-dealkylation sites (tertiary alicyclic amines) is 1. The van der Waals surface area contributed by atoms with Crippen molar-refractivity contribution in [2.75, 3.05) is 0 Å². The summed E-state index contributed by atoms with van der Waals surface area (Å²) in [6, 6.07) is 9.76. The number of benzene rings is 2. The lowest BCUT2D eigenvalue weighted by atomic mass is 10.0. The van der Waals surface area contributed by atoms with Crippen LogP contribution in [-0.2, 0) is 22.7 Å². The number of nitrogens with zero attached hydrogens (tertiary/aromatic N) is 4. The van der Waals surface area contributed by atoms with Gasteiger partial charge in [0.1, 0.15) is 24.2 Å². The van der Waals surface area contributed by atoms with Crippen LogP contribution in [0.5, 0.6) is 0 Å². The molecule has 2 fully saturated rings. The summed E-state index contributed by atoms with van der Waals surface area (Å²) in [7, 11) is 0. The zero-order valence-electron chi connectivity index (χ0n) is 22.0. The molecule has 1 aliphatic heterocycles. The number of carbonyl (C=O) groups excluding carboxylic acids is 3. The Balaban J connectivity index is 1.23. The molecule has 3 atom stereocenters. The van der Waals surface area contributed by atoms with E-state index in [1.165, 1.54) is 13.0 Å². The molecule has 0 spiro atoms. The Labute approximate surface area is 235 Å². The van der Waals surface area contributed by atoms with Gasteiger partial charge in [-0.2, -0.15) is 0 Å². The Morgan fingerprint density at radius 3 is 2.62 bits per heavy atom. The summed E-state index contributed by atoms with van der Waals surface area (Å²) in [5.74, 6) is -0.222. The molecule has 1 unspecified atom stereocenters. The molecule has 40 heavy (non-hydrogen) atoms. The maximum atomic E-state index is 14.3. The maximum absolute atomic E-state index is 14.3. The summed E-state index contributed by atoms with van der Waals surface area (Å²) in [6.07, 6.45) is 6.63. The van der Waals surface area contributed by atoms with Crippen molar-refractivity contribution in [2.24, 2.45) is 5.92 Å². The zero-order valence-corrected chi connectivity index (χ0v) is 22.8. The Hall–Kier alpha value is -4.11. The van der Waals surface area contributed by atoms with Gasteiger partial charge in [0.05, 0.1) is 5.02 Å². The molecule has 2 aromatic carbocycles. The third-order valence-corrected chi connectivity index (χ3v) is 8.15. The van der Waals surface area contributed by atoms with Crippen LogP contribution in [0, 0.1) is 18.7 Å². The third kappa shape index (κ3) is 4.75. The number of halogens is 2. The molecule has 3 heterocycles.